The summed E-state index contributed by atoms with van der Waals surface area (Å²) in [5.74, 6) is 0.790. The number of halogens is 1. The highest BCUT2D eigenvalue weighted by atomic mass is 79.9. The lowest BCUT2D eigenvalue weighted by Crippen LogP contribution is -1.94. The van der Waals surface area contributed by atoms with Crippen molar-refractivity contribution in [1.29, 1.82) is 0 Å². The first-order valence-electron chi connectivity index (χ1n) is 8.10. The van der Waals surface area contributed by atoms with E-state index in [1.165, 1.54) is 0 Å². The highest BCUT2D eigenvalue weighted by molar-refractivity contribution is 9.10. The van der Waals surface area contributed by atoms with Crippen molar-refractivity contribution in [1.82, 2.24) is 4.98 Å². The van der Waals surface area contributed by atoms with Crippen molar-refractivity contribution in [2.24, 2.45) is 0 Å². The molecule has 3 nitrogen and oxygen atoms in total. The maximum atomic E-state index is 13.4. The average molecular weight is 426 g/mol. The molecule has 130 valence electrons. The zero-order valence-corrected chi connectivity index (χ0v) is 16.4. The van der Waals surface area contributed by atoms with Crippen LogP contribution in [0, 0.1) is 0 Å². The third-order valence-corrected chi connectivity index (χ3v) is 6.22. The van der Waals surface area contributed by atoms with Crippen molar-refractivity contribution in [3.63, 3.8) is 0 Å². The van der Waals surface area contributed by atoms with Gasteiger partial charge in [0.25, 0.3) is 0 Å². The molecule has 4 rings (SSSR count). The molecular weight excluding hydrogens is 410 g/mol. The first-order valence-corrected chi connectivity index (χ1v) is 10.0. The van der Waals surface area contributed by atoms with Crippen LogP contribution < -0.4 is 4.74 Å². The highest BCUT2D eigenvalue weighted by Crippen LogP contribution is 2.36. The smallest absolute Gasteiger partial charge is 0.118 e. The van der Waals surface area contributed by atoms with Gasteiger partial charge in [0, 0.05) is 20.3 Å². The predicted octanol–water partition coefficient (Wildman–Crippen LogP) is 5.77. The number of aromatic amines is 1. The molecule has 0 fully saturated rings. The van der Waals surface area contributed by atoms with Crippen LogP contribution in [0.15, 0.2) is 87.1 Å². The first-order chi connectivity index (χ1) is 12.7. The normalized spacial score (nSPS) is 12.2. The van der Waals surface area contributed by atoms with Gasteiger partial charge in [-0.2, -0.15) is 0 Å². The van der Waals surface area contributed by atoms with Gasteiger partial charge in [-0.3, -0.25) is 0 Å². The first kappa shape index (κ1) is 17.1. The molecule has 5 heteroatoms. The minimum atomic E-state index is -1.30. The monoisotopic (exact) mass is 425 g/mol. The third-order valence-electron chi connectivity index (χ3n) is 4.23. The Balaban J connectivity index is 1.95. The van der Waals surface area contributed by atoms with Crippen LogP contribution in [-0.2, 0) is 10.8 Å². The van der Waals surface area contributed by atoms with Crippen LogP contribution in [-0.4, -0.2) is 16.3 Å². The van der Waals surface area contributed by atoms with Crippen LogP contribution in [0.5, 0.6) is 5.75 Å². The van der Waals surface area contributed by atoms with E-state index in [1.807, 2.05) is 72.8 Å². The molecule has 0 aliphatic carbocycles. The van der Waals surface area contributed by atoms with Gasteiger partial charge in [0.2, 0.25) is 0 Å². The molecule has 0 aliphatic heterocycles. The van der Waals surface area contributed by atoms with Gasteiger partial charge >= 0.3 is 0 Å². The topological polar surface area (TPSA) is 42.1 Å². The number of fused-ring (bicyclic) bond motifs is 1. The second-order valence-corrected chi connectivity index (χ2v) is 8.16. The molecule has 1 aromatic heterocycles. The molecule has 1 unspecified atom stereocenters. The van der Waals surface area contributed by atoms with Crippen molar-refractivity contribution in [3.8, 4) is 17.0 Å². The van der Waals surface area contributed by atoms with Gasteiger partial charge < -0.3 is 9.72 Å². The summed E-state index contributed by atoms with van der Waals surface area (Å²) in [6.45, 7) is 0. The Morgan fingerprint density at radius 2 is 1.69 bits per heavy atom. The number of ether oxygens (including phenoxy) is 1. The predicted molar refractivity (Wildman–Crippen MR) is 109 cm³/mol. The van der Waals surface area contributed by atoms with Crippen molar-refractivity contribution < 1.29 is 8.95 Å². The highest BCUT2D eigenvalue weighted by Gasteiger charge is 2.20. The number of nitrogens with one attached hydrogen (secondary N) is 1. The molecule has 1 heterocycles. The summed E-state index contributed by atoms with van der Waals surface area (Å²) in [6, 6.07) is 23.3. The van der Waals surface area contributed by atoms with Crippen LogP contribution in [0.4, 0.5) is 0 Å². The van der Waals surface area contributed by atoms with E-state index in [2.05, 4.69) is 20.9 Å². The van der Waals surface area contributed by atoms with Gasteiger partial charge in [0.1, 0.15) is 5.75 Å². The van der Waals surface area contributed by atoms with E-state index in [9.17, 15) is 4.21 Å². The largest absolute Gasteiger partial charge is 0.497 e. The van der Waals surface area contributed by atoms with E-state index < -0.39 is 10.8 Å². The zero-order chi connectivity index (χ0) is 18.1. The fourth-order valence-electron chi connectivity index (χ4n) is 2.95. The van der Waals surface area contributed by atoms with Gasteiger partial charge in [-0.1, -0.05) is 34.1 Å². The lowest BCUT2D eigenvalue weighted by Gasteiger charge is -2.07. The van der Waals surface area contributed by atoms with Gasteiger partial charge in [0.05, 0.1) is 28.5 Å². The number of hydrogen-bond acceptors (Lipinski definition) is 2. The van der Waals surface area contributed by atoms with Gasteiger partial charge in [-0.05, 0) is 60.2 Å². The molecule has 1 N–H and O–H groups in total. The molecule has 0 spiro atoms. The Hall–Kier alpha value is -2.37. The molecule has 0 saturated heterocycles. The van der Waals surface area contributed by atoms with Crippen LogP contribution in [0.2, 0.25) is 0 Å². The second-order valence-electron chi connectivity index (χ2n) is 5.83. The Bertz CT molecular complexity index is 1090. The maximum absolute atomic E-state index is 13.4. The van der Waals surface area contributed by atoms with Crippen molar-refractivity contribution in [2.75, 3.05) is 7.11 Å². The number of rotatable bonds is 4. The van der Waals surface area contributed by atoms with E-state index in [-0.39, 0.29) is 0 Å². The van der Waals surface area contributed by atoms with Crippen molar-refractivity contribution in [3.05, 3.63) is 77.3 Å². The average Bonchev–Trinajstić information content (AvgIpc) is 3.06. The Kier molecular flexibility index (Phi) is 4.66. The standard InChI is InChI=1S/C21H16BrNO2S/c1-25-16-10-7-14(8-11-16)20-21(26(24)17-5-3-2-4-6-17)18-13-15(22)9-12-19(18)23-20/h2-13,23H,1H3. The third kappa shape index (κ3) is 3.08. The fourth-order valence-corrected chi connectivity index (χ4v) is 4.68. The number of H-pyrrole nitrogens is 1. The summed E-state index contributed by atoms with van der Waals surface area (Å²) in [5, 5.41) is 0.951. The maximum Gasteiger partial charge on any atom is 0.118 e. The Morgan fingerprint density at radius 3 is 2.38 bits per heavy atom. The number of aromatic nitrogens is 1. The van der Waals surface area contributed by atoms with Crippen LogP contribution in [0.1, 0.15) is 0 Å². The lowest BCUT2D eigenvalue weighted by molar-refractivity contribution is 0.415. The van der Waals surface area contributed by atoms with Crippen LogP contribution in [0.3, 0.4) is 0 Å². The number of methoxy groups -OCH3 is 1. The minimum absolute atomic E-state index is 0.781. The number of hydrogen-bond donors (Lipinski definition) is 1. The molecule has 26 heavy (non-hydrogen) atoms. The quantitative estimate of drug-likeness (QED) is 0.450. The van der Waals surface area contributed by atoms with E-state index in [0.29, 0.717) is 0 Å². The van der Waals surface area contributed by atoms with Gasteiger partial charge in [-0.15, -0.1) is 0 Å². The zero-order valence-electron chi connectivity index (χ0n) is 14.0. The Morgan fingerprint density at radius 1 is 0.962 bits per heavy atom. The van der Waals surface area contributed by atoms with E-state index >= 15 is 0 Å². The molecule has 0 bridgehead atoms. The number of benzene rings is 3. The molecule has 0 radical (unpaired) electrons. The SMILES string of the molecule is COc1ccc(-c2[nH]c3ccc(Br)cc3c2S(=O)c2ccccc2)cc1. The van der Waals surface area contributed by atoms with Crippen molar-refractivity contribution >= 4 is 37.6 Å². The Labute approximate surface area is 162 Å². The van der Waals surface area contributed by atoms with E-state index in [1.54, 1.807) is 7.11 Å². The molecule has 0 amide bonds. The summed E-state index contributed by atoms with van der Waals surface area (Å²) in [7, 11) is 0.343. The van der Waals surface area contributed by atoms with Gasteiger partial charge in [0.15, 0.2) is 0 Å². The van der Waals surface area contributed by atoms with Crippen molar-refractivity contribution in [2.45, 2.75) is 9.79 Å². The summed E-state index contributed by atoms with van der Waals surface area (Å²) < 4.78 is 19.6. The summed E-state index contributed by atoms with van der Waals surface area (Å²) in [4.78, 5) is 5.01. The van der Waals surface area contributed by atoms with E-state index in [4.69, 9.17) is 4.74 Å². The van der Waals surface area contributed by atoms with Crippen LogP contribution in [0.25, 0.3) is 22.2 Å². The molecule has 4 aromatic rings. The second kappa shape index (κ2) is 7.09. The molecule has 1 atom stereocenters. The lowest BCUT2D eigenvalue weighted by atomic mass is 10.1. The summed E-state index contributed by atoms with van der Waals surface area (Å²) in [6.07, 6.45) is 0. The molecule has 0 saturated carbocycles. The van der Waals surface area contributed by atoms with Gasteiger partial charge in [-0.25, -0.2) is 4.21 Å². The summed E-state index contributed by atoms with van der Waals surface area (Å²) >= 11 is 3.53. The van der Waals surface area contributed by atoms with E-state index in [0.717, 1.165) is 42.2 Å². The molecule has 3 aromatic carbocycles. The van der Waals surface area contributed by atoms with Crippen LogP contribution >= 0.6 is 15.9 Å². The molecule has 0 aliphatic rings. The molecular formula is C21H16BrNO2S. The minimum Gasteiger partial charge on any atom is -0.497 e. The summed E-state index contributed by atoms with van der Waals surface area (Å²) in [5.41, 5.74) is 2.79. The fraction of sp³-hybridized carbons (Fsp3) is 0.0476.